The van der Waals surface area contributed by atoms with Crippen molar-refractivity contribution in [1.82, 2.24) is 10.2 Å². The fourth-order valence-corrected chi connectivity index (χ4v) is 3.00. The minimum atomic E-state index is -0.662. The summed E-state index contributed by atoms with van der Waals surface area (Å²) in [7, 11) is 0. The van der Waals surface area contributed by atoms with Gasteiger partial charge in [-0.1, -0.05) is 22.6 Å². The van der Waals surface area contributed by atoms with E-state index in [0.717, 1.165) is 0 Å². The van der Waals surface area contributed by atoms with E-state index in [1.165, 1.54) is 18.7 Å². The number of halogens is 1. The summed E-state index contributed by atoms with van der Waals surface area (Å²) < 4.78 is 15.4. The predicted octanol–water partition coefficient (Wildman–Crippen LogP) is -0.0484. The normalized spacial score (nSPS) is 30.8. The fourth-order valence-electron chi connectivity index (χ4n) is 2.42. The zero-order valence-electron chi connectivity index (χ0n) is 12.6. The number of carbonyl (C=O) groups is 4. The van der Waals surface area contributed by atoms with Crippen molar-refractivity contribution < 1.29 is 33.4 Å². The van der Waals surface area contributed by atoms with Crippen LogP contribution in [0.25, 0.3) is 0 Å². The highest BCUT2D eigenvalue weighted by atomic mass is 127. The Balaban J connectivity index is 2.05. The molecule has 128 valence electrons. The van der Waals surface area contributed by atoms with Crippen LogP contribution in [0.5, 0.6) is 0 Å². The molecule has 2 aliphatic rings. The van der Waals surface area contributed by atoms with Crippen LogP contribution in [0.15, 0.2) is 0 Å². The van der Waals surface area contributed by atoms with Gasteiger partial charge in [-0.15, -0.1) is 0 Å². The molecule has 0 spiro atoms. The molecule has 1 N–H and O–H groups in total. The Morgan fingerprint density at radius 1 is 1.35 bits per heavy atom. The number of hydrogen-bond acceptors (Lipinski definition) is 7. The molecular formula is C13H17IN2O7. The van der Waals surface area contributed by atoms with Crippen LogP contribution in [-0.2, 0) is 28.6 Å². The van der Waals surface area contributed by atoms with Crippen LogP contribution in [-0.4, -0.2) is 64.3 Å². The Morgan fingerprint density at radius 3 is 2.65 bits per heavy atom. The van der Waals surface area contributed by atoms with Gasteiger partial charge >= 0.3 is 18.0 Å². The van der Waals surface area contributed by atoms with E-state index in [9.17, 15) is 19.2 Å². The summed E-state index contributed by atoms with van der Waals surface area (Å²) >= 11 is 1.93. The van der Waals surface area contributed by atoms with Crippen molar-refractivity contribution in [3.63, 3.8) is 0 Å². The number of nitrogens with one attached hydrogen (secondary N) is 1. The first-order chi connectivity index (χ1) is 10.8. The highest BCUT2D eigenvalue weighted by Gasteiger charge is 2.45. The molecule has 0 aliphatic carbocycles. The maximum atomic E-state index is 12.0. The number of nitrogens with zero attached hydrogens (tertiary/aromatic N) is 1. The fraction of sp³-hybridized carbons (Fsp3) is 0.692. The third kappa shape index (κ3) is 4.53. The quantitative estimate of drug-likeness (QED) is 0.371. The predicted molar refractivity (Wildman–Crippen MR) is 83.5 cm³/mol. The van der Waals surface area contributed by atoms with Crippen LogP contribution in [0, 0.1) is 0 Å². The maximum Gasteiger partial charge on any atom is 0.326 e. The molecule has 2 aliphatic heterocycles. The summed E-state index contributed by atoms with van der Waals surface area (Å²) in [5.74, 6) is -1.32. The van der Waals surface area contributed by atoms with Crippen LogP contribution in [0.2, 0.25) is 0 Å². The third-order valence-electron chi connectivity index (χ3n) is 3.43. The Hall–Kier alpha value is -1.43. The Labute approximate surface area is 146 Å². The lowest BCUT2D eigenvalue weighted by molar-refractivity contribution is -0.156. The second-order valence-corrected chi connectivity index (χ2v) is 6.73. The number of alkyl halides is 1. The van der Waals surface area contributed by atoms with Gasteiger partial charge in [0, 0.05) is 26.8 Å². The molecule has 0 aromatic heterocycles. The Morgan fingerprint density at radius 2 is 2.04 bits per heavy atom. The Bertz CT molecular complexity index is 526. The minimum absolute atomic E-state index is 0.0775. The van der Waals surface area contributed by atoms with Gasteiger partial charge in [-0.05, 0) is 0 Å². The molecule has 1 unspecified atom stereocenters. The molecule has 23 heavy (non-hydrogen) atoms. The van der Waals surface area contributed by atoms with E-state index in [1.807, 2.05) is 22.6 Å². The summed E-state index contributed by atoms with van der Waals surface area (Å²) in [6, 6.07) is -0.553. The highest BCUT2D eigenvalue weighted by Crippen LogP contribution is 2.28. The molecule has 2 saturated heterocycles. The lowest BCUT2D eigenvalue weighted by Gasteiger charge is -2.33. The van der Waals surface area contributed by atoms with Gasteiger partial charge in [0.1, 0.15) is 29.0 Å². The monoisotopic (exact) mass is 440 g/mol. The third-order valence-corrected chi connectivity index (χ3v) is 4.39. The van der Waals surface area contributed by atoms with Gasteiger partial charge in [-0.3, -0.25) is 24.6 Å². The standard InChI is InChI=1S/C13H17IN2O7/c1-6(17)21-5-10-9(22-7(2)18)3-11(23-10)16-4-8(14)12(19)15-13(16)20/h8-11H,3-5H2,1-2H3,(H,15,19,20)/t8?,9-,10-,11-/m1/s1. The zero-order valence-corrected chi connectivity index (χ0v) is 14.8. The summed E-state index contributed by atoms with van der Waals surface area (Å²) in [4.78, 5) is 47.0. The number of ether oxygens (including phenoxy) is 3. The van der Waals surface area contributed by atoms with Crippen molar-refractivity contribution in [3.8, 4) is 0 Å². The lowest BCUT2D eigenvalue weighted by Crippen LogP contribution is -2.58. The van der Waals surface area contributed by atoms with Gasteiger partial charge in [-0.2, -0.15) is 0 Å². The molecule has 10 heteroatoms. The first-order valence-electron chi connectivity index (χ1n) is 6.99. The number of urea groups is 1. The topological polar surface area (TPSA) is 111 Å². The second kappa shape index (κ2) is 7.43. The molecule has 4 atom stereocenters. The number of rotatable bonds is 4. The molecule has 0 saturated carbocycles. The number of esters is 2. The van der Waals surface area contributed by atoms with Crippen molar-refractivity contribution in [3.05, 3.63) is 0 Å². The van der Waals surface area contributed by atoms with Crippen molar-refractivity contribution in [2.45, 2.75) is 42.6 Å². The molecule has 0 bridgehead atoms. The van der Waals surface area contributed by atoms with Gasteiger partial charge in [-0.25, -0.2) is 4.79 Å². The smallest absolute Gasteiger partial charge is 0.326 e. The molecule has 2 fully saturated rings. The first kappa shape index (κ1) is 17.9. The zero-order chi connectivity index (χ0) is 17.1. The summed E-state index contributed by atoms with van der Waals surface area (Å²) in [5, 5.41) is 2.24. The highest BCUT2D eigenvalue weighted by molar-refractivity contribution is 14.1. The van der Waals surface area contributed by atoms with Gasteiger partial charge < -0.3 is 14.2 Å². The van der Waals surface area contributed by atoms with Gasteiger partial charge in [0.15, 0.2) is 0 Å². The minimum Gasteiger partial charge on any atom is -0.463 e. The van der Waals surface area contributed by atoms with Gasteiger partial charge in [0.05, 0.1) is 0 Å². The van der Waals surface area contributed by atoms with E-state index in [1.54, 1.807) is 0 Å². The maximum absolute atomic E-state index is 12.0. The van der Waals surface area contributed by atoms with Crippen molar-refractivity contribution >= 4 is 46.5 Å². The van der Waals surface area contributed by atoms with Crippen LogP contribution in [0.3, 0.4) is 0 Å². The molecular weight excluding hydrogens is 423 g/mol. The Kier molecular flexibility index (Phi) is 5.79. The van der Waals surface area contributed by atoms with Crippen LogP contribution in [0.4, 0.5) is 4.79 Å². The van der Waals surface area contributed by atoms with Crippen molar-refractivity contribution in [1.29, 1.82) is 0 Å². The van der Waals surface area contributed by atoms with Crippen molar-refractivity contribution in [2.24, 2.45) is 0 Å². The van der Waals surface area contributed by atoms with Crippen molar-refractivity contribution in [2.75, 3.05) is 13.2 Å². The van der Waals surface area contributed by atoms with E-state index < -0.39 is 40.3 Å². The van der Waals surface area contributed by atoms with Gasteiger partial charge in [0.2, 0.25) is 5.91 Å². The molecule has 2 heterocycles. The number of carbonyl (C=O) groups excluding carboxylic acids is 4. The summed E-state index contributed by atoms with van der Waals surface area (Å²) in [5.41, 5.74) is 0. The van der Waals surface area contributed by atoms with E-state index in [0.29, 0.717) is 0 Å². The van der Waals surface area contributed by atoms with E-state index >= 15 is 0 Å². The number of imide groups is 1. The SMILES string of the molecule is CC(=O)OC[C@H]1O[C@@H](N2CC(I)C(=O)NC2=O)C[C@H]1OC(C)=O. The lowest BCUT2D eigenvalue weighted by atomic mass is 10.1. The molecule has 0 aromatic rings. The molecule has 0 aromatic carbocycles. The number of hydrogen-bond donors (Lipinski definition) is 1. The van der Waals surface area contributed by atoms with E-state index in [2.05, 4.69) is 5.32 Å². The first-order valence-corrected chi connectivity index (χ1v) is 8.24. The largest absolute Gasteiger partial charge is 0.463 e. The van der Waals surface area contributed by atoms with Crippen LogP contribution < -0.4 is 5.32 Å². The molecule has 9 nitrogen and oxygen atoms in total. The van der Waals surface area contributed by atoms with Crippen LogP contribution in [0.1, 0.15) is 20.3 Å². The number of amides is 3. The molecule has 2 rings (SSSR count). The van der Waals surface area contributed by atoms with Gasteiger partial charge in [0.25, 0.3) is 0 Å². The second-order valence-electron chi connectivity index (χ2n) is 5.23. The summed E-state index contributed by atoms with van der Waals surface area (Å²) in [6.07, 6.45) is -1.71. The van der Waals surface area contributed by atoms with E-state index in [4.69, 9.17) is 14.2 Å². The molecule has 0 radical (unpaired) electrons. The average molecular weight is 440 g/mol. The summed E-state index contributed by atoms with van der Waals surface area (Å²) in [6.45, 7) is 2.65. The van der Waals surface area contributed by atoms with Crippen LogP contribution >= 0.6 is 22.6 Å². The molecule has 3 amide bonds. The van der Waals surface area contributed by atoms with E-state index in [-0.39, 0.29) is 25.5 Å². The average Bonchev–Trinajstić information content (AvgIpc) is 2.82.